The lowest BCUT2D eigenvalue weighted by Gasteiger charge is -2.23. The predicted molar refractivity (Wildman–Crippen MR) is 52.1 cm³/mol. The van der Waals surface area contributed by atoms with Crippen molar-refractivity contribution < 1.29 is 14.2 Å². The van der Waals surface area contributed by atoms with E-state index in [1.807, 2.05) is 0 Å². The summed E-state index contributed by atoms with van der Waals surface area (Å²) < 4.78 is 16.2. The van der Waals surface area contributed by atoms with Gasteiger partial charge >= 0.3 is 0 Å². The first-order valence-corrected chi connectivity index (χ1v) is 5.43. The summed E-state index contributed by atoms with van der Waals surface area (Å²) in [5, 5.41) is 3.26. The highest BCUT2D eigenvalue weighted by atomic mass is 16.7. The molecule has 0 bridgehead atoms. The molecule has 1 saturated carbocycles. The fraction of sp³-hybridized carbons (Fsp3) is 1.00. The second-order valence-electron chi connectivity index (χ2n) is 4.00. The van der Waals surface area contributed by atoms with Gasteiger partial charge in [0.25, 0.3) is 0 Å². The third-order valence-electron chi connectivity index (χ3n) is 2.53. The molecule has 1 heterocycles. The molecule has 1 unspecified atom stereocenters. The Bertz CT molecular complexity index is 155. The van der Waals surface area contributed by atoms with Crippen molar-refractivity contribution in [1.82, 2.24) is 5.32 Å². The zero-order valence-corrected chi connectivity index (χ0v) is 8.54. The van der Waals surface area contributed by atoms with Gasteiger partial charge in [0, 0.05) is 13.1 Å². The van der Waals surface area contributed by atoms with Crippen molar-refractivity contribution in [3.05, 3.63) is 0 Å². The molecule has 1 aliphatic heterocycles. The first kappa shape index (κ1) is 10.4. The van der Waals surface area contributed by atoms with Crippen LogP contribution in [0.25, 0.3) is 0 Å². The van der Waals surface area contributed by atoms with Crippen LogP contribution in [0.4, 0.5) is 0 Å². The maximum absolute atomic E-state index is 5.47. The molecule has 14 heavy (non-hydrogen) atoms. The monoisotopic (exact) mass is 201 g/mol. The zero-order valence-electron chi connectivity index (χ0n) is 8.54. The summed E-state index contributed by atoms with van der Waals surface area (Å²) in [6.07, 6.45) is 2.86. The highest BCUT2D eigenvalue weighted by molar-refractivity contribution is 4.71. The Morgan fingerprint density at radius 1 is 1.21 bits per heavy atom. The van der Waals surface area contributed by atoms with Crippen LogP contribution >= 0.6 is 0 Å². The molecule has 0 aromatic carbocycles. The smallest absolute Gasteiger partial charge is 0.146 e. The molecule has 1 saturated heterocycles. The average Bonchev–Trinajstić information content (AvgIpc) is 3.03. The Morgan fingerprint density at radius 3 is 2.79 bits per heavy atom. The van der Waals surface area contributed by atoms with Crippen molar-refractivity contribution in [2.45, 2.75) is 18.9 Å². The Labute approximate surface area is 84.9 Å². The summed E-state index contributed by atoms with van der Waals surface area (Å²) in [7, 11) is 0. The van der Waals surface area contributed by atoms with Crippen molar-refractivity contribution in [1.29, 1.82) is 0 Å². The van der Waals surface area contributed by atoms with Gasteiger partial charge in [-0.05, 0) is 18.8 Å². The molecule has 1 aliphatic carbocycles. The van der Waals surface area contributed by atoms with Gasteiger partial charge in [-0.15, -0.1) is 0 Å². The zero-order chi connectivity index (χ0) is 9.64. The van der Waals surface area contributed by atoms with E-state index in [2.05, 4.69) is 5.32 Å². The van der Waals surface area contributed by atoms with Gasteiger partial charge in [-0.25, -0.2) is 0 Å². The molecule has 2 rings (SSSR count). The molecule has 2 aliphatic rings. The van der Waals surface area contributed by atoms with Gasteiger partial charge in [-0.3, -0.25) is 0 Å². The van der Waals surface area contributed by atoms with Crippen molar-refractivity contribution in [2.24, 2.45) is 5.92 Å². The number of hydrogen-bond acceptors (Lipinski definition) is 4. The average molecular weight is 201 g/mol. The molecular weight excluding hydrogens is 182 g/mol. The van der Waals surface area contributed by atoms with Crippen molar-refractivity contribution in [3.63, 3.8) is 0 Å². The molecule has 0 radical (unpaired) electrons. The van der Waals surface area contributed by atoms with Crippen molar-refractivity contribution >= 4 is 0 Å². The lowest BCUT2D eigenvalue weighted by Crippen LogP contribution is -2.41. The van der Waals surface area contributed by atoms with Gasteiger partial charge in [0.1, 0.15) is 6.79 Å². The molecule has 82 valence electrons. The van der Waals surface area contributed by atoms with Crippen LogP contribution in [-0.2, 0) is 14.2 Å². The van der Waals surface area contributed by atoms with Gasteiger partial charge in [0.05, 0.1) is 25.9 Å². The summed E-state index contributed by atoms with van der Waals surface area (Å²) in [6.45, 7) is 4.55. The highest BCUT2D eigenvalue weighted by Crippen LogP contribution is 2.28. The summed E-state index contributed by atoms with van der Waals surface area (Å²) >= 11 is 0. The SMILES string of the molecule is C1COC(COCOCC2CC2)CN1. The van der Waals surface area contributed by atoms with E-state index >= 15 is 0 Å². The van der Waals surface area contributed by atoms with Crippen LogP contribution in [0.5, 0.6) is 0 Å². The van der Waals surface area contributed by atoms with E-state index in [0.717, 1.165) is 32.2 Å². The van der Waals surface area contributed by atoms with Gasteiger partial charge in [0.2, 0.25) is 0 Å². The van der Waals surface area contributed by atoms with E-state index < -0.39 is 0 Å². The minimum atomic E-state index is 0.202. The minimum Gasteiger partial charge on any atom is -0.373 e. The molecule has 0 aromatic rings. The number of ether oxygens (including phenoxy) is 3. The van der Waals surface area contributed by atoms with Crippen LogP contribution in [0, 0.1) is 5.92 Å². The lowest BCUT2D eigenvalue weighted by atomic mass is 10.3. The third-order valence-corrected chi connectivity index (χ3v) is 2.53. The van der Waals surface area contributed by atoms with E-state index in [-0.39, 0.29) is 6.10 Å². The maximum atomic E-state index is 5.47. The Hall–Kier alpha value is -0.160. The maximum Gasteiger partial charge on any atom is 0.146 e. The molecule has 4 heteroatoms. The molecule has 4 nitrogen and oxygen atoms in total. The first-order chi connectivity index (χ1) is 6.95. The summed E-state index contributed by atoms with van der Waals surface area (Å²) in [4.78, 5) is 0. The summed E-state index contributed by atoms with van der Waals surface area (Å²) in [5.74, 6) is 0.811. The molecule has 0 spiro atoms. The fourth-order valence-corrected chi connectivity index (χ4v) is 1.46. The Kier molecular flexibility index (Phi) is 4.19. The fourth-order valence-electron chi connectivity index (χ4n) is 1.46. The lowest BCUT2D eigenvalue weighted by molar-refractivity contribution is -0.0992. The summed E-state index contributed by atoms with van der Waals surface area (Å²) in [5.41, 5.74) is 0. The molecule has 1 N–H and O–H groups in total. The number of morpholine rings is 1. The van der Waals surface area contributed by atoms with Crippen LogP contribution in [0.3, 0.4) is 0 Å². The molecule has 0 amide bonds. The van der Waals surface area contributed by atoms with Crippen LogP contribution in [0.15, 0.2) is 0 Å². The largest absolute Gasteiger partial charge is 0.373 e. The summed E-state index contributed by atoms with van der Waals surface area (Å²) in [6, 6.07) is 0. The first-order valence-electron chi connectivity index (χ1n) is 5.43. The normalized spacial score (nSPS) is 27.9. The van der Waals surface area contributed by atoms with Crippen LogP contribution in [-0.4, -0.2) is 45.8 Å². The molecule has 2 fully saturated rings. The van der Waals surface area contributed by atoms with Gasteiger partial charge in [0.15, 0.2) is 0 Å². The molecular formula is C10H19NO3. The molecule has 0 aromatic heterocycles. The van der Waals surface area contributed by atoms with E-state index in [4.69, 9.17) is 14.2 Å². The van der Waals surface area contributed by atoms with Crippen LogP contribution in [0.2, 0.25) is 0 Å². The van der Waals surface area contributed by atoms with Gasteiger partial charge in [-0.1, -0.05) is 0 Å². The number of nitrogens with one attached hydrogen (secondary N) is 1. The minimum absolute atomic E-state index is 0.202. The number of rotatable bonds is 6. The van der Waals surface area contributed by atoms with E-state index in [9.17, 15) is 0 Å². The molecule has 1 atom stereocenters. The topological polar surface area (TPSA) is 39.7 Å². The number of hydrogen-bond donors (Lipinski definition) is 1. The van der Waals surface area contributed by atoms with Crippen molar-refractivity contribution in [2.75, 3.05) is 39.7 Å². The standard InChI is InChI=1S/C10H19NO3/c1-2-9(1)6-12-8-13-7-10-5-11-3-4-14-10/h9-11H,1-8H2. The second kappa shape index (κ2) is 5.66. The second-order valence-corrected chi connectivity index (χ2v) is 4.00. The van der Waals surface area contributed by atoms with Gasteiger partial charge in [-0.2, -0.15) is 0 Å². The van der Waals surface area contributed by atoms with E-state index in [1.165, 1.54) is 12.8 Å². The third kappa shape index (κ3) is 3.92. The Balaban J connectivity index is 1.41. The Morgan fingerprint density at radius 2 is 2.07 bits per heavy atom. The van der Waals surface area contributed by atoms with Crippen LogP contribution in [0.1, 0.15) is 12.8 Å². The van der Waals surface area contributed by atoms with E-state index in [1.54, 1.807) is 0 Å². The quantitative estimate of drug-likeness (QED) is 0.498. The van der Waals surface area contributed by atoms with Crippen LogP contribution < -0.4 is 5.32 Å². The van der Waals surface area contributed by atoms with E-state index in [0.29, 0.717) is 13.4 Å². The van der Waals surface area contributed by atoms with Crippen molar-refractivity contribution in [3.8, 4) is 0 Å². The highest BCUT2D eigenvalue weighted by Gasteiger charge is 2.21. The van der Waals surface area contributed by atoms with Gasteiger partial charge < -0.3 is 19.5 Å². The predicted octanol–water partition coefficient (Wildman–Crippen LogP) is 0.375.